The van der Waals surface area contributed by atoms with Crippen LogP contribution in [-0.4, -0.2) is 21.1 Å². The molecule has 5 nitrogen and oxygen atoms in total. The standard InChI is InChI=1S/C13H8BrF3N4OS2/c1-2-5-23-12-20-11(24-21-12)19-10(22)18-9-4-3-7(14)6-8(9)13(15,16)17/h1,3-4,6H,5H2,(H2,18,19,20,21,22). The molecule has 0 unspecified atom stereocenters. The first-order chi connectivity index (χ1) is 11.3. The number of aromatic nitrogens is 2. The van der Waals surface area contributed by atoms with Gasteiger partial charge in [0.25, 0.3) is 0 Å². The van der Waals surface area contributed by atoms with Crippen LogP contribution in [0, 0.1) is 12.3 Å². The van der Waals surface area contributed by atoms with Crippen LogP contribution in [0.3, 0.4) is 0 Å². The van der Waals surface area contributed by atoms with Gasteiger partial charge in [-0.2, -0.15) is 22.5 Å². The Bertz CT molecular complexity index is 788. The molecule has 0 bridgehead atoms. The van der Waals surface area contributed by atoms with Gasteiger partial charge in [0.15, 0.2) is 0 Å². The molecule has 0 saturated heterocycles. The number of benzene rings is 1. The van der Waals surface area contributed by atoms with Crippen LogP contribution in [0.5, 0.6) is 0 Å². The molecular formula is C13H8BrF3N4OS2. The zero-order valence-corrected chi connectivity index (χ0v) is 14.9. The van der Waals surface area contributed by atoms with E-state index in [9.17, 15) is 18.0 Å². The average molecular weight is 437 g/mol. The second-order valence-electron chi connectivity index (χ2n) is 4.14. The molecule has 126 valence electrons. The molecule has 2 aromatic rings. The van der Waals surface area contributed by atoms with Crippen molar-refractivity contribution in [2.24, 2.45) is 0 Å². The van der Waals surface area contributed by atoms with Crippen molar-refractivity contribution in [3.63, 3.8) is 0 Å². The number of nitrogens with zero attached hydrogens (tertiary/aromatic N) is 2. The Hall–Kier alpha value is -1.77. The molecule has 2 N–H and O–H groups in total. The molecule has 1 aromatic carbocycles. The molecule has 24 heavy (non-hydrogen) atoms. The zero-order chi connectivity index (χ0) is 17.7. The summed E-state index contributed by atoms with van der Waals surface area (Å²) < 4.78 is 43.2. The third kappa shape index (κ3) is 5.12. The zero-order valence-electron chi connectivity index (χ0n) is 11.6. The van der Waals surface area contributed by atoms with E-state index in [0.717, 1.165) is 23.7 Å². The van der Waals surface area contributed by atoms with Crippen LogP contribution in [0.15, 0.2) is 27.8 Å². The van der Waals surface area contributed by atoms with Gasteiger partial charge in [-0.25, -0.2) is 4.79 Å². The third-order valence-corrected chi connectivity index (χ3v) is 4.44. The predicted octanol–water partition coefficient (Wildman–Crippen LogP) is 4.69. The molecule has 0 aliphatic rings. The molecular weight excluding hydrogens is 429 g/mol. The van der Waals surface area contributed by atoms with Crippen LogP contribution < -0.4 is 10.6 Å². The van der Waals surface area contributed by atoms with E-state index in [0.29, 0.717) is 10.9 Å². The van der Waals surface area contributed by atoms with Crippen LogP contribution >= 0.6 is 39.2 Å². The highest BCUT2D eigenvalue weighted by Crippen LogP contribution is 2.36. The van der Waals surface area contributed by atoms with Crippen LogP contribution in [0.25, 0.3) is 0 Å². The lowest BCUT2D eigenvalue weighted by Crippen LogP contribution is -2.21. The Morgan fingerprint density at radius 1 is 1.42 bits per heavy atom. The number of carbonyl (C=O) groups excluding carboxylic acids is 1. The summed E-state index contributed by atoms with van der Waals surface area (Å²) in [5, 5.41) is 5.02. The van der Waals surface area contributed by atoms with Gasteiger partial charge in [0.1, 0.15) is 0 Å². The summed E-state index contributed by atoms with van der Waals surface area (Å²) in [6, 6.07) is 2.58. The molecule has 2 rings (SSSR count). The predicted molar refractivity (Wildman–Crippen MR) is 91.3 cm³/mol. The van der Waals surface area contributed by atoms with Crippen molar-refractivity contribution < 1.29 is 18.0 Å². The molecule has 0 aliphatic heterocycles. The van der Waals surface area contributed by atoms with Gasteiger partial charge in [-0.05, 0) is 18.2 Å². The van der Waals surface area contributed by atoms with Gasteiger partial charge >= 0.3 is 12.2 Å². The molecule has 11 heteroatoms. The summed E-state index contributed by atoms with van der Waals surface area (Å²) in [6.45, 7) is 0. The molecule has 0 spiro atoms. The minimum absolute atomic E-state index is 0.151. The summed E-state index contributed by atoms with van der Waals surface area (Å²) in [6.07, 6.45) is 0.509. The normalized spacial score (nSPS) is 11.0. The highest BCUT2D eigenvalue weighted by molar-refractivity contribution is 9.10. The van der Waals surface area contributed by atoms with E-state index in [1.807, 2.05) is 0 Å². The van der Waals surface area contributed by atoms with E-state index in [-0.39, 0.29) is 15.3 Å². The van der Waals surface area contributed by atoms with Gasteiger partial charge in [-0.3, -0.25) is 5.32 Å². The lowest BCUT2D eigenvalue weighted by Gasteiger charge is -2.14. The SMILES string of the molecule is C#CCSc1nsc(NC(=O)Nc2ccc(Br)cc2C(F)(F)F)n1. The van der Waals surface area contributed by atoms with Gasteiger partial charge < -0.3 is 5.32 Å². The van der Waals surface area contributed by atoms with Crippen molar-refractivity contribution >= 4 is 56.1 Å². The van der Waals surface area contributed by atoms with Gasteiger partial charge in [-0.1, -0.05) is 33.6 Å². The number of nitrogens with one attached hydrogen (secondary N) is 2. The second kappa shape index (κ2) is 7.87. The van der Waals surface area contributed by atoms with E-state index in [2.05, 4.69) is 41.8 Å². The van der Waals surface area contributed by atoms with Crippen molar-refractivity contribution in [3.8, 4) is 12.3 Å². The summed E-state index contributed by atoms with van der Waals surface area (Å²) in [4.78, 5) is 15.9. The number of urea groups is 1. The number of hydrogen-bond acceptors (Lipinski definition) is 5. The highest BCUT2D eigenvalue weighted by Gasteiger charge is 2.34. The van der Waals surface area contributed by atoms with Crippen molar-refractivity contribution in [2.45, 2.75) is 11.3 Å². The summed E-state index contributed by atoms with van der Waals surface area (Å²) in [5.74, 6) is 2.77. The first kappa shape index (κ1) is 18.6. The molecule has 0 radical (unpaired) electrons. The van der Waals surface area contributed by atoms with E-state index < -0.39 is 17.8 Å². The smallest absolute Gasteiger partial charge is 0.307 e. The van der Waals surface area contributed by atoms with Crippen LogP contribution in [0.2, 0.25) is 0 Å². The number of rotatable bonds is 4. The lowest BCUT2D eigenvalue weighted by molar-refractivity contribution is -0.136. The maximum atomic E-state index is 13.0. The molecule has 1 aromatic heterocycles. The molecule has 0 fully saturated rings. The quantitative estimate of drug-likeness (QED) is 0.538. The van der Waals surface area contributed by atoms with Gasteiger partial charge in [0, 0.05) is 16.0 Å². The van der Waals surface area contributed by atoms with Crippen LogP contribution in [0.1, 0.15) is 5.56 Å². The number of alkyl halides is 3. The maximum absolute atomic E-state index is 13.0. The fourth-order valence-electron chi connectivity index (χ4n) is 1.54. The van der Waals surface area contributed by atoms with Crippen LogP contribution in [0.4, 0.5) is 28.8 Å². The van der Waals surface area contributed by atoms with Crippen molar-refractivity contribution in [2.75, 3.05) is 16.4 Å². The number of carbonyl (C=O) groups is 1. The molecule has 0 aliphatic carbocycles. The second-order valence-corrected chi connectivity index (χ2v) is 6.75. The summed E-state index contributed by atoms with van der Waals surface area (Å²) in [5.41, 5.74) is -1.33. The molecule has 0 saturated carbocycles. The highest BCUT2D eigenvalue weighted by atomic mass is 79.9. The van der Waals surface area contributed by atoms with Gasteiger partial charge in [0.2, 0.25) is 10.3 Å². The van der Waals surface area contributed by atoms with Gasteiger partial charge in [0.05, 0.1) is 17.0 Å². The largest absolute Gasteiger partial charge is 0.418 e. The van der Waals surface area contributed by atoms with E-state index in [1.54, 1.807) is 0 Å². The Morgan fingerprint density at radius 2 is 2.17 bits per heavy atom. The van der Waals surface area contributed by atoms with Crippen molar-refractivity contribution in [1.82, 2.24) is 9.36 Å². The number of thioether (sulfide) groups is 1. The van der Waals surface area contributed by atoms with Crippen LogP contribution in [-0.2, 0) is 6.18 Å². The Kier molecular flexibility index (Phi) is 6.09. The topological polar surface area (TPSA) is 66.9 Å². The summed E-state index contributed by atoms with van der Waals surface area (Å²) >= 11 is 5.08. The first-order valence-electron chi connectivity index (χ1n) is 6.14. The molecule has 1 heterocycles. The monoisotopic (exact) mass is 436 g/mol. The number of amides is 2. The van der Waals surface area contributed by atoms with E-state index >= 15 is 0 Å². The number of anilines is 2. The lowest BCUT2D eigenvalue weighted by atomic mass is 10.1. The average Bonchev–Trinajstić information content (AvgIpc) is 2.93. The minimum atomic E-state index is -4.60. The Morgan fingerprint density at radius 3 is 2.83 bits per heavy atom. The minimum Gasteiger partial charge on any atom is -0.307 e. The fraction of sp³-hybridized carbons (Fsp3) is 0.154. The van der Waals surface area contributed by atoms with Crippen molar-refractivity contribution in [1.29, 1.82) is 0 Å². The number of halogens is 4. The fourth-order valence-corrected chi connectivity index (χ4v) is 3.12. The maximum Gasteiger partial charge on any atom is 0.418 e. The Labute approximate surface area is 151 Å². The number of terminal acetylenes is 1. The molecule has 2 amide bonds. The van der Waals surface area contributed by atoms with Crippen molar-refractivity contribution in [3.05, 3.63) is 28.2 Å². The third-order valence-electron chi connectivity index (χ3n) is 2.45. The Balaban J connectivity index is 2.08. The van der Waals surface area contributed by atoms with E-state index in [4.69, 9.17) is 6.42 Å². The summed E-state index contributed by atoms with van der Waals surface area (Å²) in [7, 11) is 0. The molecule has 0 atom stereocenters. The first-order valence-corrected chi connectivity index (χ1v) is 8.69. The van der Waals surface area contributed by atoms with E-state index in [1.165, 1.54) is 17.8 Å². The van der Waals surface area contributed by atoms with Gasteiger partial charge in [-0.15, -0.1) is 6.42 Å². The number of hydrogen-bond donors (Lipinski definition) is 2.